The molecule has 0 aromatic heterocycles. The second-order valence-corrected chi connectivity index (χ2v) is 4.85. The maximum absolute atomic E-state index is 11.6. The largest absolute Gasteiger partial charge is 0.400 e. The van der Waals surface area contributed by atoms with Gasteiger partial charge in [0, 0.05) is 23.6 Å². The van der Waals surface area contributed by atoms with E-state index in [0.717, 1.165) is 5.57 Å². The van der Waals surface area contributed by atoms with Gasteiger partial charge in [0.2, 0.25) is 0 Å². The third-order valence-electron chi connectivity index (χ3n) is 3.00. The summed E-state index contributed by atoms with van der Waals surface area (Å²) in [6.45, 7) is -0.224. The van der Waals surface area contributed by atoms with Crippen LogP contribution in [0.15, 0.2) is 40.5 Å². The second kappa shape index (κ2) is 5.99. The molecule has 1 aliphatic carbocycles. The SMILES string of the molecule is N/C(CO)=C1/CCC(=O)CC1=Nc1cccc(Cl)c1. The molecule has 100 valence electrons. The molecule has 0 saturated heterocycles. The number of Topliss-reactive ketones (excluding diaryl/α,β-unsaturated/α-hetero) is 1. The summed E-state index contributed by atoms with van der Waals surface area (Å²) >= 11 is 5.90. The smallest absolute Gasteiger partial charge is 0.139 e. The molecule has 0 aliphatic heterocycles. The quantitative estimate of drug-likeness (QED) is 0.872. The van der Waals surface area contributed by atoms with E-state index in [2.05, 4.69) is 4.99 Å². The van der Waals surface area contributed by atoms with Crippen molar-refractivity contribution in [3.8, 4) is 0 Å². The predicted molar refractivity (Wildman–Crippen MR) is 75.7 cm³/mol. The molecule has 0 radical (unpaired) electrons. The van der Waals surface area contributed by atoms with Gasteiger partial charge in [0.1, 0.15) is 5.78 Å². The lowest BCUT2D eigenvalue weighted by Gasteiger charge is -2.18. The first-order valence-corrected chi connectivity index (χ1v) is 6.41. The zero-order valence-corrected chi connectivity index (χ0v) is 11.2. The zero-order valence-electron chi connectivity index (χ0n) is 10.4. The third-order valence-corrected chi connectivity index (χ3v) is 3.23. The van der Waals surface area contributed by atoms with E-state index in [0.29, 0.717) is 35.0 Å². The molecule has 1 saturated carbocycles. The highest BCUT2D eigenvalue weighted by atomic mass is 35.5. The number of aliphatic imine (C=N–C) groups is 1. The van der Waals surface area contributed by atoms with Crippen LogP contribution < -0.4 is 5.73 Å². The molecule has 0 amide bonds. The predicted octanol–water partition coefficient (Wildman–Crippen LogP) is 2.37. The fourth-order valence-electron chi connectivity index (χ4n) is 2.04. The van der Waals surface area contributed by atoms with Crippen LogP contribution in [0.4, 0.5) is 5.69 Å². The number of hydrogen-bond acceptors (Lipinski definition) is 4. The minimum absolute atomic E-state index is 0.135. The summed E-state index contributed by atoms with van der Waals surface area (Å²) in [7, 11) is 0. The summed E-state index contributed by atoms with van der Waals surface area (Å²) in [5, 5.41) is 9.72. The minimum Gasteiger partial charge on any atom is -0.400 e. The first kappa shape index (κ1) is 13.8. The molecule has 19 heavy (non-hydrogen) atoms. The van der Waals surface area contributed by atoms with E-state index in [-0.39, 0.29) is 18.8 Å². The third kappa shape index (κ3) is 3.43. The van der Waals surface area contributed by atoms with E-state index in [4.69, 9.17) is 22.4 Å². The molecule has 0 heterocycles. The monoisotopic (exact) mass is 278 g/mol. The Morgan fingerprint density at radius 3 is 2.89 bits per heavy atom. The lowest BCUT2D eigenvalue weighted by molar-refractivity contribution is -0.118. The van der Waals surface area contributed by atoms with Crippen molar-refractivity contribution >= 4 is 28.8 Å². The molecule has 4 nitrogen and oxygen atoms in total. The second-order valence-electron chi connectivity index (χ2n) is 4.42. The number of ketones is 1. The first-order valence-electron chi connectivity index (χ1n) is 6.03. The summed E-state index contributed by atoms with van der Waals surface area (Å²) in [6, 6.07) is 7.09. The molecule has 1 aromatic carbocycles. The van der Waals surface area contributed by atoms with Crippen LogP contribution in [-0.2, 0) is 4.79 Å². The fourth-order valence-corrected chi connectivity index (χ4v) is 2.22. The molecule has 1 aliphatic rings. The highest BCUT2D eigenvalue weighted by Crippen LogP contribution is 2.25. The van der Waals surface area contributed by atoms with E-state index in [1.807, 2.05) is 6.07 Å². The van der Waals surface area contributed by atoms with E-state index in [1.54, 1.807) is 18.2 Å². The summed E-state index contributed by atoms with van der Waals surface area (Å²) in [6.07, 6.45) is 1.23. The number of benzene rings is 1. The summed E-state index contributed by atoms with van der Waals surface area (Å²) < 4.78 is 0. The van der Waals surface area contributed by atoms with Gasteiger partial charge in [0.05, 0.1) is 18.0 Å². The molecule has 0 unspecified atom stereocenters. The molecular formula is C14H15ClN2O2. The number of aliphatic hydroxyl groups excluding tert-OH is 1. The lowest BCUT2D eigenvalue weighted by Crippen LogP contribution is -2.22. The van der Waals surface area contributed by atoms with Gasteiger partial charge in [-0.25, -0.2) is 0 Å². The summed E-state index contributed by atoms with van der Waals surface area (Å²) in [5.74, 6) is 0.135. The highest BCUT2D eigenvalue weighted by Gasteiger charge is 2.21. The van der Waals surface area contributed by atoms with Crippen molar-refractivity contribution in [3.63, 3.8) is 0 Å². The average Bonchev–Trinajstić information content (AvgIpc) is 2.38. The van der Waals surface area contributed by atoms with Crippen LogP contribution in [0.5, 0.6) is 0 Å². The number of rotatable bonds is 2. The van der Waals surface area contributed by atoms with Crippen LogP contribution in [-0.4, -0.2) is 23.2 Å². The summed E-state index contributed by atoms with van der Waals surface area (Å²) in [5.41, 5.74) is 8.25. The molecule has 5 heteroatoms. The number of aliphatic hydroxyl groups is 1. The number of nitrogens with zero attached hydrogens (tertiary/aromatic N) is 1. The maximum atomic E-state index is 11.6. The van der Waals surface area contributed by atoms with Crippen molar-refractivity contribution in [2.75, 3.05) is 6.61 Å². The van der Waals surface area contributed by atoms with E-state index >= 15 is 0 Å². The highest BCUT2D eigenvalue weighted by molar-refractivity contribution is 6.30. The van der Waals surface area contributed by atoms with Gasteiger partial charge in [-0.05, 0) is 30.2 Å². The Balaban J connectivity index is 2.40. The molecule has 0 bridgehead atoms. The Morgan fingerprint density at radius 1 is 1.42 bits per heavy atom. The van der Waals surface area contributed by atoms with E-state index in [1.165, 1.54) is 0 Å². The van der Waals surface area contributed by atoms with E-state index < -0.39 is 0 Å². The first-order chi connectivity index (χ1) is 9.10. The topological polar surface area (TPSA) is 75.7 Å². The Morgan fingerprint density at radius 2 is 2.21 bits per heavy atom. The molecule has 0 atom stereocenters. The van der Waals surface area contributed by atoms with Gasteiger partial charge in [0.15, 0.2) is 0 Å². The van der Waals surface area contributed by atoms with Crippen LogP contribution in [0, 0.1) is 0 Å². The Hall–Kier alpha value is -1.65. The molecular weight excluding hydrogens is 264 g/mol. The van der Waals surface area contributed by atoms with Crippen molar-refractivity contribution in [1.29, 1.82) is 0 Å². The number of carbonyl (C=O) groups is 1. The van der Waals surface area contributed by atoms with Crippen LogP contribution in [0.2, 0.25) is 5.02 Å². The lowest BCUT2D eigenvalue weighted by atomic mass is 9.90. The van der Waals surface area contributed by atoms with Crippen LogP contribution >= 0.6 is 11.6 Å². The molecule has 2 rings (SSSR count). The average molecular weight is 279 g/mol. The Bertz CT molecular complexity index is 564. The van der Waals surface area contributed by atoms with Crippen LogP contribution in [0.3, 0.4) is 0 Å². The van der Waals surface area contributed by atoms with Crippen molar-refractivity contribution in [2.45, 2.75) is 19.3 Å². The fraction of sp³-hybridized carbons (Fsp3) is 0.286. The normalized spacial score (nSPS) is 20.7. The summed E-state index contributed by atoms with van der Waals surface area (Å²) in [4.78, 5) is 16.0. The van der Waals surface area contributed by atoms with Gasteiger partial charge in [-0.2, -0.15) is 0 Å². The van der Waals surface area contributed by atoms with Gasteiger partial charge in [-0.15, -0.1) is 0 Å². The Kier molecular flexibility index (Phi) is 4.35. The molecule has 3 N–H and O–H groups in total. The van der Waals surface area contributed by atoms with Gasteiger partial charge in [-0.3, -0.25) is 9.79 Å². The number of allylic oxidation sites excluding steroid dienone is 1. The van der Waals surface area contributed by atoms with E-state index in [9.17, 15) is 4.79 Å². The van der Waals surface area contributed by atoms with Crippen molar-refractivity contribution < 1.29 is 9.90 Å². The number of halogens is 1. The number of carbonyl (C=O) groups excluding carboxylic acids is 1. The minimum atomic E-state index is -0.224. The molecule has 1 fully saturated rings. The van der Waals surface area contributed by atoms with Gasteiger partial charge >= 0.3 is 0 Å². The van der Waals surface area contributed by atoms with Gasteiger partial charge in [-0.1, -0.05) is 17.7 Å². The standard InChI is InChI=1S/C14H15ClN2O2/c15-9-2-1-3-10(6-9)17-14-7-11(19)4-5-12(14)13(16)8-18/h1-3,6,18H,4-5,7-8,16H2/b13-12-,17-14?. The zero-order chi connectivity index (χ0) is 13.8. The van der Waals surface area contributed by atoms with Gasteiger partial charge < -0.3 is 10.8 Å². The Labute approximate surface area is 116 Å². The van der Waals surface area contributed by atoms with Crippen molar-refractivity contribution in [3.05, 3.63) is 40.6 Å². The van der Waals surface area contributed by atoms with Gasteiger partial charge in [0.25, 0.3) is 0 Å². The number of nitrogens with two attached hydrogens (primary N) is 1. The molecule has 1 aromatic rings. The maximum Gasteiger partial charge on any atom is 0.139 e. The van der Waals surface area contributed by atoms with Crippen LogP contribution in [0.1, 0.15) is 19.3 Å². The van der Waals surface area contributed by atoms with Crippen molar-refractivity contribution in [1.82, 2.24) is 0 Å². The van der Waals surface area contributed by atoms with Crippen LogP contribution in [0.25, 0.3) is 0 Å². The van der Waals surface area contributed by atoms with Crippen molar-refractivity contribution in [2.24, 2.45) is 10.7 Å². The molecule has 0 spiro atoms. The number of hydrogen-bond donors (Lipinski definition) is 2.